The molecule has 0 unspecified atom stereocenters. The predicted octanol–water partition coefficient (Wildman–Crippen LogP) is 4.16. The maximum atomic E-state index is 12.9. The molecule has 134 valence electrons. The number of pyridine rings is 1. The first-order chi connectivity index (χ1) is 12.4. The van der Waals surface area contributed by atoms with Crippen LogP contribution in [0.2, 0.25) is 0 Å². The molecule has 0 aliphatic rings. The number of benzene rings is 1. The Morgan fingerprint density at radius 1 is 1.12 bits per heavy atom. The molecule has 3 aromatic rings. The second kappa shape index (κ2) is 7.25. The van der Waals surface area contributed by atoms with Gasteiger partial charge in [0.05, 0.1) is 5.69 Å². The number of anilines is 2. The first-order valence-corrected chi connectivity index (χ1v) is 9.20. The Kier molecular flexibility index (Phi) is 5.04. The Morgan fingerprint density at radius 3 is 2.58 bits per heavy atom. The van der Waals surface area contributed by atoms with Crippen molar-refractivity contribution in [2.75, 3.05) is 30.9 Å². The van der Waals surface area contributed by atoms with Gasteiger partial charge in [0.1, 0.15) is 10.7 Å². The van der Waals surface area contributed by atoms with E-state index < -0.39 is 0 Å². The van der Waals surface area contributed by atoms with E-state index in [0.29, 0.717) is 5.69 Å². The first kappa shape index (κ1) is 18.1. The zero-order chi connectivity index (χ0) is 18.8. The number of aryl methyl sites for hydroxylation is 2. The molecule has 1 aromatic carbocycles. The first-order valence-electron chi connectivity index (χ1n) is 8.32. The Hall–Kier alpha value is -2.73. The molecule has 0 spiro atoms. The summed E-state index contributed by atoms with van der Waals surface area (Å²) < 4.78 is 0. The third-order valence-corrected chi connectivity index (χ3v) is 5.07. The number of carbonyl (C=O) groups excluding carboxylic acids is 1. The van der Waals surface area contributed by atoms with E-state index in [0.717, 1.165) is 27.6 Å². The summed E-state index contributed by atoms with van der Waals surface area (Å²) in [4.78, 5) is 25.4. The van der Waals surface area contributed by atoms with Crippen LogP contribution in [-0.2, 0) is 0 Å². The summed E-state index contributed by atoms with van der Waals surface area (Å²) in [6, 6.07) is 9.97. The fourth-order valence-electron chi connectivity index (χ4n) is 2.83. The van der Waals surface area contributed by atoms with Gasteiger partial charge in [-0.3, -0.25) is 4.79 Å². The molecule has 2 heterocycles. The van der Waals surface area contributed by atoms with Crippen LogP contribution in [0.5, 0.6) is 0 Å². The fraction of sp³-hybridized carbons (Fsp3) is 0.250. The Balaban J connectivity index is 1.91. The quantitative estimate of drug-likeness (QED) is 0.695. The molecule has 0 saturated carbocycles. The van der Waals surface area contributed by atoms with Crippen LogP contribution in [0.1, 0.15) is 21.6 Å². The lowest BCUT2D eigenvalue weighted by Gasteiger charge is -2.22. The summed E-state index contributed by atoms with van der Waals surface area (Å²) in [5.41, 5.74) is 4.64. The normalized spacial score (nSPS) is 10.7. The molecule has 1 amide bonds. The Bertz CT molecular complexity index is 948. The van der Waals surface area contributed by atoms with E-state index in [4.69, 9.17) is 0 Å². The van der Waals surface area contributed by atoms with E-state index in [2.05, 4.69) is 42.0 Å². The van der Waals surface area contributed by atoms with E-state index in [-0.39, 0.29) is 5.91 Å². The van der Waals surface area contributed by atoms with Crippen LogP contribution in [-0.4, -0.2) is 37.0 Å². The molecule has 3 rings (SSSR count). The van der Waals surface area contributed by atoms with Gasteiger partial charge in [-0.25, -0.2) is 9.97 Å². The highest BCUT2D eigenvalue weighted by atomic mass is 32.1. The maximum Gasteiger partial charge on any atom is 0.277 e. The van der Waals surface area contributed by atoms with E-state index in [1.54, 1.807) is 18.1 Å². The van der Waals surface area contributed by atoms with Crippen molar-refractivity contribution in [3.05, 3.63) is 58.7 Å². The molecule has 26 heavy (non-hydrogen) atoms. The molecule has 0 aliphatic carbocycles. The number of amides is 1. The third kappa shape index (κ3) is 3.46. The summed E-state index contributed by atoms with van der Waals surface area (Å²) in [6.07, 6.45) is 1.72. The van der Waals surface area contributed by atoms with Crippen LogP contribution in [0.4, 0.5) is 11.5 Å². The van der Waals surface area contributed by atoms with Crippen molar-refractivity contribution in [3.63, 3.8) is 0 Å². The number of nitrogens with zero attached hydrogens (tertiary/aromatic N) is 4. The van der Waals surface area contributed by atoms with Crippen molar-refractivity contribution in [1.82, 2.24) is 9.97 Å². The second-order valence-electron chi connectivity index (χ2n) is 6.46. The van der Waals surface area contributed by atoms with Crippen LogP contribution in [0.3, 0.4) is 0 Å². The summed E-state index contributed by atoms with van der Waals surface area (Å²) in [5, 5.41) is 2.68. The van der Waals surface area contributed by atoms with Gasteiger partial charge in [0, 0.05) is 38.3 Å². The minimum absolute atomic E-state index is 0.145. The maximum absolute atomic E-state index is 12.9. The summed E-state index contributed by atoms with van der Waals surface area (Å²) >= 11 is 1.49. The van der Waals surface area contributed by atoms with E-state index >= 15 is 0 Å². The van der Waals surface area contributed by atoms with Crippen LogP contribution in [0.25, 0.3) is 10.6 Å². The third-order valence-electron chi connectivity index (χ3n) is 4.19. The van der Waals surface area contributed by atoms with Gasteiger partial charge in [0.15, 0.2) is 5.82 Å². The van der Waals surface area contributed by atoms with E-state index in [9.17, 15) is 4.79 Å². The topological polar surface area (TPSA) is 49.3 Å². The van der Waals surface area contributed by atoms with Gasteiger partial charge >= 0.3 is 0 Å². The lowest BCUT2D eigenvalue weighted by atomic mass is 10.1. The standard InChI is InChI=1S/C20H22N4OS/c1-13-8-9-15(14(2)11-13)19-22-16(12-26-19)20(25)24(5)17-7-6-10-21-18(17)23(3)4/h6-12H,1-5H3. The molecule has 0 N–H and O–H groups in total. The highest BCUT2D eigenvalue weighted by Crippen LogP contribution is 2.29. The summed E-state index contributed by atoms with van der Waals surface area (Å²) in [5.74, 6) is 0.599. The van der Waals surface area contributed by atoms with Gasteiger partial charge in [0.2, 0.25) is 0 Å². The molecular formula is C20H22N4OS. The molecule has 0 bridgehead atoms. The summed E-state index contributed by atoms with van der Waals surface area (Å²) in [6.45, 7) is 4.13. The Labute approximate surface area is 157 Å². The van der Waals surface area contributed by atoms with Gasteiger partial charge in [-0.15, -0.1) is 11.3 Å². The van der Waals surface area contributed by atoms with Gasteiger partial charge in [-0.2, -0.15) is 0 Å². The largest absolute Gasteiger partial charge is 0.361 e. The lowest BCUT2D eigenvalue weighted by Crippen LogP contribution is -2.28. The Morgan fingerprint density at radius 2 is 1.88 bits per heavy atom. The minimum atomic E-state index is -0.145. The molecule has 5 nitrogen and oxygen atoms in total. The number of hydrogen-bond acceptors (Lipinski definition) is 5. The van der Waals surface area contributed by atoms with Crippen LogP contribution < -0.4 is 9.80 Å². The highest BCUT2D eigenvalue weighted by Gasteiger charge is 2.21. The van der Waals surface area contributed by atoms with Crippen molar-refractivity contribution < 1.29 is 4.79 Å². The number of rotatable bonds is 4. The smallest absolute Gasteiger partial charge is 0.277 e. The molecule has 0 atom stereocenters. The van der Waals surface area contributed by atoms with Crippen molar-refractivity contribution in [1.29, 1.82) is 0 Å². The average Bonchev–Trinajstić information content (AvgIpc) is 3.10. The van der Waals surface area contributed by atoms with Crippen LogP contribution in [0.15, 0.2) is 41.9 Å². The fourth-order valence-corrected chi connectivity index (χ4v) is 3.71. The van der Waals surface area contributed by atoms with Gasteiger partial charge in [0.25, 0.3) is 5.91 Å². The van der Waals surface area contributed by atoms with Crippen LogP contribution >= 0.6 is 11.3 Å². The highest BCUT2D eigenvalue weighted by molar-refractivity contribution is 7.13. The second-order valence-corrected chi connectivity index (χ2v) is 7.32. The number of carbonyl (C=O) groups is 1. The zero-order valence-electron chi connectivity index (χ0n) is 15.6. The van der Waals surface area contributed by atoms with E-state index in [1.807, 2.05) is 36.5 Å². The lowest BCUT2D eigenvalue weighted by molar-refractivity contribution is 0.0989. The summed E-state index contributed by atoms with van der Waals surface area (Å²) in [7, 11) is 5.57. The van der Waals surface area contributed by atoms with Crippen LogP contribution in [0, 0.1) is 13.8 Å². The predicted molar refractivity (Wildman–Crippen MR) is 108 cm³/mol. The molecule has 0 radical (unpaired) electrons. The van der Waals surface area contributed by atoms with Crippen molar-refractivity contribution in [3.8, 4) is 10.6 Å². The van der Waals surface area contributed by atoms with Crippen molar-refractivity contribution in [2.45, 2.75) is 13.8 Å². The molecule has 0 fully saturated rings. The zero-order valence-corrected chi connectivity index (χ0v) is 16.5. The van der Waals surface area contributed by atoms with Crippen molar-refractivity contribution >= 4 is 28.7 Å². The van der Waals surface area contributed by atoms with Crippen molar-refractivity contribution in [2.24, 2.45) is 0 Å². The molecule has 0 aliphatic heterocycles. The molecule has 2 aromatic heterocycles. The molecule has 0 saturated heterocycles. The number of aromatic nitrogens is 2. The van der Waals surface area contributed by atoms with Gasteiger partial charge in [-0.1, -0.05) is 23.8 Å². The minimum Gasteiger partial charge on any atom is -0.361 e. The SMILES string of the molecule is Cc1ccc(-c2nc(C(=O)N(C)c3cccnc3N(C)C)cs2)c(C)c1. The van der Waals surface area contributed by atoms with E-state index in [1.165, 1.54) is 16.9 Å². The molecular weight excluding hydrogens is 344 g/mol. The average molecular weight is 366 g/mol. The van der Waals surface area contributed by atoms with Gasteiger partial charge in [-0.05, 0) is 31.5 Å². The monoisotopic (exact) mass is 366 g/mol. The van der Waals surface area contributed by atoms with Gasteiger partial charge < -0.3 is 9.80 Å². The number of thiazole rings is 1. The molecule has 6 heteroatoms. The number of hydrogen-bond donors (Lipinski definition) is 0.